The summed E-state index contributed by atoms with van der Waals surface area (Å²) < 4.78 is 10.1. The molecular formula is C22H24N4O2S. The Morgan fingerprint density at radius 2 is 1.83 bits per heavy atom. The van der Waals surface area contributed by atoms with Crippen LogP contribution in [-0.4, -0.2) is 52.4 Å². The second kappa shape index (κ2) is 9.05. The van der Waals surface area contributed by atoms with Crippen LogP contribution in [0.5, 0.6) is 5.75 Å². The lowest BCUT2D eigenvalue weighted by Crippen LogP contribution is -2.55. The summed E-state index contributed by atoms with van der Waals surface area (Å²) >= 11 is 1.43. The summed E-state index contributed by atoms with van der Waals surface area (Å²) in [5, 5.41) is 0.926. The molecule has 0 radical (unpaired) electrons. The lowest BCUT2D eigenvalue weighted by Gasteiger charge is -2.39. The van der Waals surface area contributed by atoms with Crippen LogP contribution < -0.4 is 9.64 Å². The lowest BCUT2D eigenvalue weighted by molar-refractivity contribution is -0.135. The third kappa shape index (κ3) is 4.92. The molecule has 3 aromatic rings. The van der Waals surface area contributed by atoms with Crippen LogP contribution in [0.2, 0.25) is 0 Å². The van der Waals surface area contributed by atoms with E-state index in [2.05, 4.69) is 28.3 Å². The van der Waals surface area contributed by atoms with E-state index in [9.17, 15) is 4.79 Å². The highest BCUT2D eigenvalue weighted by Gasteiger charge is 2.29. The van der Waals surface area contributed by atoms with Gasteiger partial charge in [-0.1, -0.05) is 48.5 Å². The zero-order chi connectivity index (χ0) is 20.1. The maximum absolute atomic E-state index is 12.6. The second-order valence-corrected chi connectivity index (χ2v) is 7.87. The van der Waals surface area contributed by atoms with Gasteiger partial charge in [0.1, 0.15) is 11.6 Å². The molecular weight excluding hydrogens is 384 g/mol. The molecule has 0 spiro atoms. The van der Waals surface area contributed by atoms with Crippen molar-refractivity contribution in [2.24, 2.45) is 0 Å². The first kappa shape index (κ1) is 19.4. The van der Waals surface area contributed by atoms with Crippen LogP contribution in [0.1, 0.15) is 18.3 Å². The van der Waals surface area contributed by atoms with E-state index >= 15 is 0 Å². The number of hydrogen-bond donors (Lipinski definition) is 0. The SMILES string of the molecule is C[C@@H]1CN(c2nc(Cc3ccccc3)ns2)CCN1C(=O)COc1ccccc1. The Labute approximate surface area is 174 Å². The van der Waals surface area contributed by atoms with Crippen molar-refractivity contribution in [1.29, 1.82) is 0 Å². The van der Waals surface area contributed by atoms with E-state index in [1.54, 1.807) is 0 Å². The molecule has 0 bridgehead atoms. The Kier molecular flexibility index (Phi) is 6.05. The largest absolute Gasteiger partial charge is 0.484 e. The summed E-state index contributed by atoms with van der Waals surface area (Å²) in [4.78, 5) is 21.4. The molecule has 0 aliphatic carbocycles. The first-order valence-electron chi connectivity index (χ1n) is 9.78. The molecule has 1 atom stereocenters. The van der Waals surface area contributed by atoms with Crippen LogP contribution in [0.25, 0.3) is 0 Å². The van der Waals surface area contributed by atoms with Gasteiger partial charge in [-0.25, -0.2) is 4.98 Å². The standard InChI is InChI=1S/C22H24N4O2S/c1-17-15-25(22-23-20(24-29-22)14-18-8-4-2-5-9-18)12-13-26(17)21(27)16-28-19-10-6-3-7-11-19/h2-11,17H,12-16H2,1H3/t17-/m1/s1. The highest BCUT2D eigenvalue weighted by atomic mass is 32.1. The molecule has 7 heteroatoms. The number of carbonyl (C=O) groups is 1. The van der Waals surface area contributed by atoms with Gasteiger partial charge in [-0.3, -0.25) is 4.79 Å². The van der Waals surface area contributed by atoms with Gasteiger partial charge in [0.05, 0.1) is 0 Å². The molecule has 0 unspecified atom stereocenters. The summed E-state index contributed by atoms with van der Waals surface area (Å²) in [6, 6.07) is 19.8. The number of aromatic nitrogens is 2. The third-order valence-electron chi connectivity index (χ3n) is 4.99. The molecule has 150 valence electrons. The fourth-order valence-electron chi connectivity index (χ4n) is 3.47. The molecule has 1 aliphatic heterocycles. The van der Waals surface area contributed by atoms with Gasteiger partial charge in [-0.15, -0.1) is 0 Å². The number of ether oxygens (including phenoxy) is 1. The topological polar surface area (TPSA) is 58.6 Å². The molecule has 1 fully saturated rings. The van der Waals surface area contributed by atoms with E-state index in [-0.39, 0.29) is 18.6 Å². The predicted molar refractivity (Wildman–Crippen MR) is 114 cm³/mol. The van der Waals surface area contributed by atoms with E-state index in [0.717, 1.165) is 30.5 Å². The lowest BCUT2D eigenvalue weighted by atomic mass is 10.1. The Bertz CT molecular complexity index is 932. The Balaban J connectivity index is 1.31. The zero-order valence-corrected chi connectivity index (χ0v) is 17.2. The van der Waals surface area contributed by atoms with Crippen molar-refractivity contribution < 1.29 is 9.53 Å². The summed E-state index contributed by atoms with van der Waals surface area (Å²) in [5.41, 5.74) is 1.21. The van der Waals surface area contributed by atoms with Crippen LogP contribution in [-0.2, 0) is 11.2 Å². The average molecular weight is 409 g/mol. The molecule has 0 saturated carbocycles. The van der Waals surface area contributed by atoms with E-state index in [0.29, 0.717) is 12.3 Å². The minimum absolute atomic E-state index is 0.0167. The van der Waals surface area contributed by atoms with E-state index in [1.165, 1.54) is 17.1 Å². The van der Waals surface area contributed by atoms with Crippen LogP contribution in [0.15, 0.2) is 60.7 Å². The van der Waals surface area contributed by atoms with Gasteiger partial charge in [-0.05, 0) is 24.6 Å². The second-order valence-electron chi connectivity index (χ2n) is 7.14. The van der Waals surface area contributed by atoms with Crippen molar-refractivity contribution in [2.75, 3.05) is 31.1 Å². The molecule has 4 rings (SSSR count). The predicted octanol–water partition coefficient (Wildman–Crippen LogP) is 3.25. The van der Waals surface area contributed by atoms with E-state index < -0.39 is 0 Å². The van der Waals surface area contributed by atoms with Gasteiger partial charge in [-0.2, -0.15) is 4.37 Å². The van der Waals surface area contributed by atoms with E-state index in [1.807, 2.05) is 53.4 Å². The number of rotatable bonds is 6. The maximum atomic E-state index is 12.6. The van der Waals surface area contributed by atoms with Crippen molar-refractivity contribution in [3.8, 4) is 5.75 Å². The summed E-state index contributed by atoms with van der Waals surface area (Å²) in [7, 11) is 0. The van der Waals surface area contributed by atoms with Crippen molar-refractivity contribution in [3.05, 3.63) is 72.1 Å². The zero-order valence-electron chi connectivity index (χ0n) is 16.4. The molecule has 1 amide bonds. The highest BCUT2D eigenvalue weighted by Crippen LogP contribution is 2.22. The quantitative estimate of drug-likeness (QED) is 0.627. The van der Waals surface area contributed by atoms with Crippen molar-refractivity contribution >= 4 is 22.6 Å². The van der Waals surface area contributed by atoms with Gasteiger partial charge < -0.3 is 14.5 Å². The molecule has 1 aliphatic rings. The van der Waals surface area contributed by atoms with Crippen molar-refractivity contribution in [3.63, 3.8) is 0 Å². The normalized spacial score (nSPS) is 16.7. The number of carbonyl (C=O) groups excluding carboxylic acids is 1. The van der Waals surface area contributed by atoms with Gasteiger partial charge >= 0.3 is 0 Å². The summed E-state index contributed by atoms with van der Waals surface area (Å²) in [5.74, 6) is 1.58. The molecule has 2 aromatic carbocycles. The van der Waals surface area contributed by atoms with Crippen molar-refractivity contribution in [2.45, 2.75) is 19.4 Å². The third-order valence-corrected chi connectivity index (χ3v) is 5.80. The fourth-order valence-corrected chi connectivity index (χ4v) is 4.19. The maximum Gasteiger partial charge on any atom is 0.260 e. The number of piperazine rings is 1. The first-order valence-corrected chi connectivity index (χ1v) is 10.5. The molecule has 0 N–H and O–H groups in total. The Morgan fingerprint density at radius 1 is 1.10 bits per heavy atom. The van der Waals surface area contributed by atoms with Crippen LogP contribution in [0.3, 0.4) is 0 Å². The average Bonchev–Trinajstić information content (AvgIpc) is 3.22. The van der Waals surface area contributed by atoms with E-state index in [4.69, 9.17) is 9.72 Å². The van der Waals surface area contributed by atoms with Crippen LogP contribution in [0, 0.1) is 0 Å². The van der Waals surface area contributed by atoms with Gasteiger partial charge in [0, 0.05) is 43.6 Å². The van der Waals surface area contributed by atoms with Crippen LogP contribution in [0.4, 0.5) is 5.13 Å². The smallest absolute Gasteiger partial charge is 0.260 e. The molecule has 2 heterocycles. The number of nitrogens with zero attached hydrogens (tertiary/aromatic N) is 4. The summed E-state index contributed by atoms with van der Waals surface area (Å²) in [6.07, 6.45) is 0.738. The fraction of sp³-hybridized carbons (Fsp3) is 0.318. The highest BCUT2D eigenvalue weighted by molar-refractivity contribution is 7.09. The summed E-state index contributed by atoms with van der Waals surface area (Å²) in [6.45, 7) is 4.29. The number of anilines is 1. The van der Waals surface area contributed by atoms with Gasteiger partial charge in [0.15, 0.2) is 6.61 Å². The van der Waals surface area contributed by atoms with Crippen LogP contribution >= 0.6 is 11.5 Å². The monoisotopic (exact) mass is 408 g/mol. The van der Waals surface area contributed by atoms with Gasteiger partial charge in [0.2, 0.25) is 5.13 Å². The Hall–Kier alpha value is -2.93. The number of para-hydroxylation sites is 1. The first-order chi connectivity index (χ1) is 14.2. The minimum atomic E-state index is 0.0167. The van der Waals surface area contributed by atoms with Gasteiger partial charge in [0.25, 0.3) is 5.91 Å². The Morgan fingerprint density at radius 3 is 2.55 bits per heavy atom. The number of hydrogen-bond acceptors (Lipinski definition) is 6. The number of amides is 1. The minimum Gasteiger partial charge on any atom is -0.484 e. The molecule has 1 aromatic heterocycles. The number of benzene rings is 2. The molecule has 6 nitrogen and oxygen atoms in total. The van der Waals surface area contributed by atoms with Crippen molar-refractivity contribution in [1.82, 2.24) is 14.3 Å². The molecule has 1 saturated heterocycles. The molecule has 29 heavy (non-hydrogen) atoms.